The minimum atomic E-state index is -0.628. The molecule has 0 aliphatic rings. The minimum Gasteiger partial charge on any atom is -0.248 e. The Labute approximate surface area is 76.6 Å². The predicted octanol–water partition coefficient (Wildman–Crippen LogP) is 4.20. The molecular formula is C11H23F. The molecule has 0 saturated heterocycles. The lowest BCUT2D eigenvalue weighted by atomic mass is 9.93. The van der Waals surface area contributed by atoms with Crippen molar-refractivity contribution in [1.82, 2.24) is 0 Å². The van der Waals surface area contributed by atoms with Gasteiger partial charge in [0.1, 0.15) is 0 Å². The number of alkyl halides is 1. The molecule has 0 radical (unpaired) electrons. The van der Waals surface area contributed by atoms with E-state index in [0.717, 1.165) is 12.3 Å². The summed E-state index contributed by atoms with van der Waals surface area (Å²) in [7, 11) is 0. The van der Waals surface area contributed by atoms with E-state index in [0.29, 0.717) is 5.92 Å². The van der Waals surface area contributed by atoms with E-state index in [1.807, 2.05) is 0 Å². The van der Waals surface area contributed by atoms with Crippen molar-refractivity contribution in [2.45, 2.75) is 59.5 Å². The summed E-state index contributed by atoms with van der Waals surface area (Å²) in [6.45, 7) is 8.29. The molecule has 0 spiro atoms. The predicted molar refractivity (Wildman–Crippen MR) is 53.0 cm³/mol. The first kappa shape index (κ1) is 11.9. The van der Waals surface area contributed by atoms with Gasteiger partial charge in [-0.2, -0.15) is 0 Å². The van der Waals surface area contributed by atoms with E-state index in [9.17, 15) is 4.39 Å². The molecular weight excluding hydrogens is 151 g/mol. The van der Waals surface area contributed by atoms with Crippen LogP contribution in [0, 0.1) is 11.8 Å². The van der Waals surface area contributed by atoms with Gasteiger partial charge in [0, 0.05) is 0 Å². The van der Waals surface area contributed by atoms with Crippen molar-refractivity contribution >= 4 is 0 Å². The second-order valence-corrected chi connectivity index (χ2v) is 4.21. The van der Waals surface area contributed by atoms with Crippen molar-refractivity contribution in [1.29, 1.82) is 0 Å². The average molecular weight is 174 g/mol. The zero-order valence-electron chi connectivity index (χ0n) is 8.94. The van der Waals surface area contributed by atoms with E-state index < -0.39 is 6.17 Å². The molecule has 0 amide bonds. The van der Waals surface area contributed by atoms with Crippen LogP contribution in [0.5, 0.6) is 0 Å². The highest BCUT2D eigenvalue weighted by molar-refractivity contribution is 4.60. The van der Waals surface area contributed by atoms with E-state index in [1.54, 1.807) is 6.92 Å². The fourth-order valence-electron chi connectivity index (χ4n) is 1.45. The van der Waals surface area contributed by atoms with Crippen LogP contribution in [0.2, 0.25) is 0 Å². The molecule has 0 rings (SSSR count). The first-order valence-electron chi connectivity index (χ1n) is 5.20. The molecule has 0 nitrogen and oxygen atoms in total. The first-order valence-corrected chi connectivity index (χ1v) is 5.20. The van der Waals surface area contributed by atoms with Gasteiger partial charge in [-0.3, -0.25) is 0 Å². The van der Waals surface area contributed by atoms with Gasteiger partial charge in [-0.1, -0.05) is 40.0 Å². The lowest BCUT2D eigenvalue weighted by molar-refractivity contribution is 0.280. The first-order chi connectivity index (χ1) is 5.56. The summed E-state index contributed by atoms with van der Waals surface area (Å²) in [5, 5.41) is 0. The van der Waals surface area contributed by atoms with Crippen LogP contribution in [0.1, 0.15) is 53.4 Å². The van der Waals surface area contributed by atoms with Crippen LogP contribution in [0.4, 0.5) is 4.39 Å². The Kier molecular flexibility index (Phi) is 6.41. The maximum Gasteiger partial charge on any atom is 0.0976 e. The van der Waals surface area contributed by atoms with Crippen molar-refractivity contribution in [3.05, 3.63) is 0 Å². The molecule has 0 aromatic heterocycles. The van der Waals surface area contributed by atoms with Crippen LogP contribution in [-0.4, -0.2) is 6.17 Å². The number of halogens is 1. The van der Waals surface area contributed by atoms with Crippen molar-refractivity contribution in [2.24, 2.45) is 11.8 Å². The molecule has 0 aromatic rings. The molecule has 0 fully saturated rings. The SMILES string of the molecule is CC[C@H](C)CCC(C)CC(C)F. The fraction of sp³-hybridized carbons (Fsp3) is 1.00. The molecule has 0 saturated carbocycles. The molecule has 74 valence electrons. The van der Waals surface area contributed by atoms with Crippen LogP contribution < -0.4 is 0 Å². The lowest BCUT2D eigenvalue weighted by Crippen LogP contribution is -2.05. The molecule has 3 atom stereocenters. The summed E-state index contributed by atoms with van der Waals surface area (Å²) in [6.07, 6.45) is 3.79. The lowest BCUT2D eigenvalue weighted by Gasteiger charge is -2.14. The maximum atomic E-state index is 12.6. The highest BCUT2D eigenvalue weighted by Gasteiger charge is 2.08. The topological polar surface area (TPSA) is 0 Å². The van der Waals surface area contributed by atoms with Crippen LogP contribution in [0.15, 0.2) is 0 Å². The van der Waals surface area contributed by atoms with Crippen LogP contribution in [0.25, 0.3) is 0 Å². The third kappa shape index (κ3) is 6.63. The highest BCUT2D eigenvalue weighted by Crippen LogP contribution is 2.19. The second-order valence-electron chi connectivity index (χ2n) is 4.21. The third-order valence-electron chi connectivity index (χ3n) is 2.58. The summed E-state index contributed by atoms with van der Waals surface area (Å²) in [4.78, 5) is 0. The Morgan fingerprint density at radius 3 is 1.92 bits per heavy atom. The van der Waals surface area contributed by atoms with E-state index >= 15 is 0 Å². The maximum absolute atomic E-state index is 12.6. The van der Waals surface area contributed by atoms with E-state index in [-0.39, 0.29) is 0 Å². The summed E-state index contributed by atoms with van der Waals surface area (Å²) in [5.74, 6) is 1.36. The molecule has 0 bridgehead atoms. The molecule has 0 aliphatic carbocycles. The molecule has 0 N–H and O–H groups in total. The summed E-state index contributed by atoms with van der Waals surface area (Å²) < 4.78 is 12.6. The van der Waals surface area contributed by atoms with Gasteiger partial charge in [0.05, 0.1) is 6.17 Å². The van der Waals surface area contributed by atoms with Gasteiger partial charge in [0.25, 0.3) is 0 Å². The Balaban J connectivity index is 3.36. The summed E-state index contributed by atoms with van der Waals surface area (Å²) in [6, 6.07) is 0. The van der Waals surface area contributed by atoms with Crippen molar-refractivity contribution in [2.75, 3.05) is 0 Å². The Morgan fingerprint density at radius 1 is 1.00 bits per heavy atom. The monoisotopic (exact) mass is 174 g/mol. The van der Waals surface area contributed by atoms with E-state index in [1.165, 1.54) is 19.3 Å². The van der Waals surface area contributed by atoms with Gasteiger partial charge in [-0.05, 0) is 25.2 Å². The van der Waals surface area contributed by atoms with Gasteiger partial charge in [-0.25, -0.2) is 4.39 Å². The largest absolute Gasteiger partial charge is 0.248 e. The molecule has 0 aliphatic heterocycles. The van der Waals surface area contributed by atoms with Gasteiger partial charge < -0.3 is 0 Å². The zero-order valence-corrected chi connectivity index (χ0v) is 8.94. The molecule has 0 heterocycles. The fourth-order valence-corrected chi connectivity index (χ4v) is 1.45. The Morgan fingerprint density at radius 2 is 1.50 bits per heavy atom. The molecule has 12 heavy (non-hydrogen) atoms. The van der Waals surface area contributed by atoms with Crippen LogP contribution >= 0.6 is 0 Å². The zero-order chi connectivity index (χ0) is 9.56. The van der Waals surface area contributed by atoms with Crippen molar-refractivity contribution in [3.8, 4) is 0 Å². The molecule has 1 heteroatoms. The van der Waals surface area contributed by atoms with Gasteiger partial charge in [0.15, 0.2) is 0 Å². The van der Waals surface area contributed by atoms with Gasteiger partial charge in [-0.15, -0.1) is 0 Å². The Hall–Kier alpha value is -0.0700. The summed E-state index contributed by atoms with van der Waals surface area (Å²) in [5.41, 5.74) is 0. The standard InChI is InChI=1S/C11H23F/c1-5-9(2)6-7-10(3)8-11(4)12/h9-11H,5-8H2,1-4H3/t9-,10?,11?/m0/s1. The van der Waals surface area contributed by atoms with Crippen molar-refractivity contribution < 1.29 is 4.39 Å². The normalized spacial score (nSPS) is 18.8. The number of hydrogen-bond donors (Lipinski definition) is 0. The van der Waals surface area contributed by atoms with E-state index in [4.69, 9.17) is 0 Å². The van der Waals surface area contributed by atoms with Crippen molar-refractivity contribution in [3.63, 3.8) is 0 Å². The summed E-state index contributed by atoms with van der Waals surface area (Å²) >= 11 is 0. The quantitative estimate of drug-likeness (QED) is 0.566. The smallest absolute Gasteiger partial charge is 0.0976 e. The third-order valence-corrected chi connectivity index (χ3v) is 2.58. The second kappa shape index (κ2) is 6.45. The molecule has 2 unspecified atom stereocenters. The average Bonchev–Trinajstić information content (AvgIpc) is 1.99. The highest BCUT2D eigenvalue weighted by atomic mass is 19.1. The minimum absolute atomic E-state index is 0.555. The molecule has 0 aromatic carbocycles. The number of rotatable bonds is 6. The van der Waals surface area contributed by atoms with Gasteiger partial charge >= 0.3 is 0 Å². The number of hydrogen-bond acceptors (Lipinski definition) is 0. The van der Waals surface area contributed by atoms with Crippen LogP contribution in [0.3, 0.4) is 0 Å². The Bertz CT molecular complexity index is 99.2. The van der Waals surface area contributed by atoms with Gasteiger partial charge in [0.2, 0.25) is 0 Å². The van der Waals surface area contributed by atoms with Crippen LogP contribution in [-0.2, 0) is 0 Å². The van der Waals surface area contributed by atoms with E-state index in [2.05, 4.69) is 20.8 Å².